The quantitative estimate of drug-likeness (QED) is 0.449. The van der Waals surface area contributed by atoms with Crippen LogP contribution in [-0.4, -0.2) is 44.3 Å². The van der Waals surface area contributed by atoms with Crippen molar-refractivity contribution in [3.8, 4) is 0 Å². The van der Waals surface area contributed by atoms with E-state index in [2.05, 4.69) is 0 Å². The molecule has 5 heteroatoms. The Morgan fingerprint density at radius 1 is 1.33 bits per heavy atom. The minimum Gasteiger partial charge on any atom is -0.278 e. The molecule has 0 aromatic rings. The predicted molar refractivity (Wildman–Crippen MR) is 34.2 cm³/mol. The van der Waals surface area contributed by atoms with Crippen LogP contribution in [0.2, 0.25) is 0 Å². The maximum absolute atomic E-state index is 10.9. The number of nitrogens with zero attached hydrogens (tertiary/aromatic N) is 2. The fraction of sp³-hybridized carbons (Fsp3) is 1.00. The number of hydrogen-bond donors (Lipinski definition) is 0. The van der Waals surface area contributed by atoms with E-state index in [1.54, 1.807) is 19.0 Å². The zero-order valence-electron chi connectivity index (χ0n) is 5.53. The van der Waals surface area contributed by atoms with Gasteiger partial charge in [0.05, 0.1) is 6.67 Å². The molecule has 54 valence electrons. The maximum atomic E-state index is 10.9. The van der Waals surface area contributed by atoms with Gasteiger partial charge in [-0.15, -0.1) is 0 Å². The van der Waals surface area contributed by atoms with Gasteiger partial charge < -0.3 is 0 Å². The highest BCUT2D eigenvalue weighted by atomic mass is 32.2. The molecule has 1 fully saturated rings. The van der Waals surface area contributed by atoms with E-state index in [0.29, 0.717) is 6.67 Å². The summed E-state index contributed by atoms with van der Waals surface area (Å²) >= 11 is 0. The fourth-order valence-electron chi connectivity index (χ4n) is 0.846. The smallest absolute Gasteiger partial charge is 0.228 e. The summed E-state index contributed by atoms with van der Waals surface area (Å²) in [4.78, 5) is 1.75. The van der Waals surface area contributed by atoms with E-state index in [0.717, 1.165) is 0 Å². The van der Waals surface area contributed by atoms with Crippen molar-refractivity contribution in [2.24, 2.45) is 0 Å². The Kier molecular flexibility index (Phi) is 1.50. The molecule has 0 aromatic heterocycles. The molecule has 1 aliphatic heterocycles. The van der Waals surface area contributed by atoms with E-state index < -0.39 is 10.0 Å². The first-order chi connectivity index (χ1) is 4.02. The minimum absolute atomic E-state index is 0.156. The van der Waals surface area contributed by atoms with Crippen molar-refractivity contribution in [3.63, 3.8) is 0 Å². The molecule has 0 N–H and O–H groups in total. The zero-order valence-corrected chi connectivity index (χ0v) is 6.35. The Balaban J connectivity index is 2.83. The SMILES string of the molecule is CN1CN(C)S(=O)(=O)C1. The molecule has 0 atom stereocenters. The highest BCUT2D eigenvalue weighted by Gasteiger charge is 2.27. The molecule has 1 heterocycles. The lowest BCUT2D eigenvalue weighted by Gasteiger charge is -2.03. The Morgan fingerprint density at radius 3 is 2.00 bits per heavy atom. The van der Waals surface area contributed by atoms with Gasteiger partial charge in [0.2, 0.25) is 10.0 Å². The van der Waals surface area contributed by atoms with E-state index in [9.17, 15) is 8.42 Å². The molecular weight excluding hydrogens is 140 g/mol. The third kappa shape index (κ3) is 1.23. The summed E-state index contributed by atoms with van der Waals surface area (Å²) in [5, 5.41) is 0. The molecule has 4 nitrogen and oxygen atoms in total. The number of rotatable bonds is 0. The summed E-state index contributed by atoms with van der Waals surface area (Å²) in [5.74, 6) is 0.156. The molecule has 0 amide bonds. The molecule has 0 bridgehead atoms. The van der Waals surface area contributed by atoms with E-state index in [1.807, 2.05) is 0 Å². The highest BCUT2D eigenvalue weighted by Crippen LogP contribution is 2.08. The van der Waals surface area contributed by atoms with Crippen molar-refractivity contribution >= 4 is 10.0 Å². The van der Waals surface area contributed by atoms with Gasteiger partial charge in [0.1, 0.15) is 5.88 Å². The van der Waals surface area contributed by atoms with Crippen LogP contribution in [0.1, 0.15) is 0 Å². The average Bonchev–Trinajstić information content (AvgIpc) is 1.79. The van der Waals surface area contributed by atoms with Crippen molar-refractivity contribution in [1.82, 2.24) is 9.21 Å². The van der Waals surface area contributed by atoms with Crippen LogP contribution in [0.4, 0.5) is 0 Å². The lowest BCUT2D eigenvalue weighted by atomic mass is 10.9. The average molecular weight is 150 g/mol. The standard InChI is InChI=1S/C4H10N2O2S/c1-5-3-6(2)9(7,8)4-5/h3-4H2,1-2H3. The van der Waals surface area contributed by atoms with Gasteiger partial charge in [-0.2, -0.15) is 4.31 Å². The van der Waals surface area contributed by atoms with Gasteiger partial charge in [-0.3, -0.25) is 4.90 Å². The summed E-state index contributed by atoms with van der Waals surface area (Å²) in [6.45, 7) is 0.516. The third-order valence-electron chi connectivity index (χ3n) is 1.30. The first-order valence-corrected chi connectivity index (χ1v) is 4.26. The predicted octanol–water partition coefficient (Wildman–Crippen LogP) is -0.892. The van der Waals surface area contributed by atoms with Crippen LogP contribution >= 0.6 is 0 Å². The van der Waals surface area contributed by atoms with E-state index in [1.165, 1.54) is 4.31 Å². The molecule has 0 aliphatic carbocycles. The van der Waals surface area contributed by atoms with E-state index in [-0.39, 0.29) is 5.88 Å². The maximum Gasteiger partial charge on any atom is 0.228 e. The molecule has 1 aliphatic rings. The molecular formula is C4H10N2O2S. The van der Waals surface area contributed by atoms with Crippen LogP contribution in [0.3, 0.4) is 0 Å². The molecule has 0 aromatic carbocycles. The molecule has 0 radical (unpaired) electrons. The van der Waals surface area contributed by atoms with Crippen LogP contribution in [0.5, 0.6) is 0 Å². The summed E-state index contributed by atoms with van der Waals surface area (Å²) in [5.41, 5.74) is 0. The second-order valence-corrected chi connectivity index (χ2v) is 4.38. The van der Waals surface area contributed by atoms with Gasteiger partial charge in [-0.1, -0.05) is 0 Å². The highest BCUT2D eigenvalue weighted by molar-refractivity contribution is 7.89. The summed E-state index contributed by atoms with van der Waals surface area (Å²) in [6, 6.07) is 0. The molecule has 9 heavy (non-hydrogen) atoms. The van der Waals surface area contributed by atoms with Crippen LogP contribution in [0, 0.1) is 0 Å². The van der Waals surface area contributed by atoms with Gasteiger partial charge >= 0.3 is 0 Å². The normalized spacial score (nSPS) is 29.1. The van der Waals surface area contributed by atoms with Crippen LogP contribution in [0.25, 0.3) is 0 Å². The lowest BCUT2D eigenvalue weighted by Crippen LogP contribution is -2.20. The molecule has 1 rings (SSSR count). The van der Waals surface area contributed by atoms with Crippen LogP contribution in [0.15, 0.2) is 0 Å². The van der Waals surface area contributed by atoms with Gasteiger partial charge in [0.15, 0.2) is 0 Å². The molecule has 1 saturated heterocycles. The zero-order chi connectivity index (χ0) is 7.07. The van der Waals surface area contributed by atoms with E-state index in [4.69, 9.17) is 0 Å². The third-order valence-corrected chi connectivity index (χ3v) is 3.13. The first kappa shape index (κ1) is 6.98. The van der Waals surface area contributed by atoms with Crippen molar-refractivity contribution in [2.75, 3.05) is 26.6 Å². The Morgan fingerprint density at radius 2 is 1.89 bits per heavy atom. The largest absolute Gasteiger partial charge is 0.278 e. The van der Waals surface area contributed by atoms with Crippen molar-refractivity contribution < 1.29 is 8.42 Å². The first-order valence-electron chi connectivity index (χ1n) is 2.65. The molecule has 0 unspecified atom stereocenters. The summed E-state index contributed by atoms with van der Waals surface area (Å²) in [6.07, 6.45) is 0. The molecule has 0 spiro atoms. The van der Waals surface area contributed by atoms with E-state index >= 15 is 0 Å². The van der Waals surface area contributed by atoms with Gasteiger partial charge in [-0.25, -0.2) is 8.42 Å². The second-order valence-electron chi connectivity index (χ2n) is 2.34. The summed E-state index contributed by atoms with van der Waals surface area (Å²) in [7, 11) is 0.446. The molecule has 0 saturated carbocycles. The van der Waals surface area contributed by atoms with Crippen LogP contribution < -0.4 is 0 Å². The van der Waals surface area contributed by atoms with Gasteiger partial charge in [0.25, 0.3) is 0 Å². The number of sulfonamides is 1. The fourth-order valence-corrected chi connectivity index (χ4v) is 2.05. The second kappa shape index (κ2) is 1.93. The lowest BCUT2D eigenvalue weighted by molar-refractivity contribution is 0.335. The van der Waals surface area contributed by atoms with Gasteiger partial charge in [0, 0.05) is 7.05 Å². The van der Waals surface area contributed by atoms with Gasteiger partial charge in [-0.05, 0) is 7.05 Å². The van der Waals surface area contributed by atoms with Crippen LogP contribution in [-0.2, 0) is 10.0 Å². The monoisotopic (exact) mass is 150 g/mol. The Hall–Kier alpha value is -0.130. The topological polar surface area (TPSA) is 40.6 Å². The minimum atomic E-state index is -2.91. The summed E-state index contributed by atoms with van der Waals surface area (Å²) < 4.78 is 23.1. The van der Waals surface area contributed by atoms with Crippen molar-refractivity contribution in [3.05, 3.63) is 0 Å². The number of hydrogen-bond acceptors (Lipinski definition) is 3. The van der Waals surface area contributed by atoms with Crippen molar-refractivity contribution in [2.45, 2.75) is 0 Å². The van der Waals surface area contributed by atoms with Crippen molar-refractivity contribution in [1.29, 1.82) is 0 Å². The Bertz CT molecular complexity index is 199. The Labute approximate surface area is 55.1 Å².